The largest absolute Gasteiger partial charge is 0.388 e. The standard InChI is InChI=1S/C18H23NO/c1-18(7-3-2-4-8-18)17(20)16-14-6-5-12(14)9-13-10-19-11-15(13)16/h9-10,17,20H,2-8,11H2,1H3. The molecule has 4 rings (SSSR count). The van der Waals surface area contributed by atoms with Crippen molar-refractivity contribution in [2.24, 2.45) is 10.4 Å². The Hall–Kier alpha value is -1.15. The number of aryl methyl sites for hydroxylation is 1. The van der Waals surface area contributed by atoms with Gasteiger partial charge in [0.25, 0.3) is 0 Å². The van der Waals surface area contributed by atoms with Gasteiger partial charge in [-0.3, -0.25) is 4.99 Å². The molecular weight excluding hydrogens is 246 g/mol. The van der Waals surface area contributed by atoms with Crippen molar-refractivity contribution in [3.63, 3.8) is 0 Å². The maximum atomic E-state index is 11.2. The van der Waals surface area contributed by atoms with E-state index in [4.69, 9.17) is 0 Å². The lowest BCUT2D eigenvalue weighted by Crippen LogP contribution is -2.31. The minimum absolute atomic E-state index is 0.0688. The molecule has 0 bridgehead atoms. The molecule has 1 aliphatic heterocycles. The first-order valence-corrected chi connectivity index (χ1v) is 8.04. The number of hydrogen-bond acceptors (Lipinski definition) is 2. The monoisotopic (exact) mass is 269 g/mol. The van der Waals surface area contributed by atoms with Gasteiger partial charge in [-0.15, -0.1) is 0 Å². The van der Waals surface area contributed by atoms with E-state index in [2.05, 4.69) is 18.0 Å². The molecule has 0 spiro atoms. The van der Waals surface area contributed by atoms with Gasteiger partial charge in [0.1, 0.15) is 0 Å². The molecule has 2 heteroatoms. The highest BCUT2D eigenvalue weighted by atomic mass is 16.3. The first kappa shape index (κ1) is 12.6. The summed E-state index contributed by atoms with van der Waals surface area (Å²) in [6.07, 6.45) is 10.2. The van der Waals surface area contributed by atoms with Gasteiger partial charge in [-0.2, -0.15) is 0 Å². The summed E-state index contributed by atoms with van der Waals surface area (Å²) >= 11 is 0. The molecule has 1 aromatic rings. The van der Waals surface area contributed by atoms with Crippen molar-refractivity contribution < 1.29 is 5.11 Å². The van der Waals surface area contributed by atoms with Crippen LogP contribution in [0.5, 0.6) is 0 Å². The SMILES string of the molecule is CC1(C(O)c2c3c(cc4c2CC4)C=NC3)CCCCC1. The number of aliphatic hydroxyl groups is 1. The second-order valence-corrected chi connectivity index (χ2v) is 7.08. The van der Waals surface area contributed by atoms with E-state index in [9.17, 15) is 5.11 Å². The van der Waals surface area contributed by atoms with Crippen molar-refractivity contribution in [1.82, 2.24) is 0 Å². The molecule has 0 amide bonds. The topological polar surface area (TPSA) is 32.6 Å². The fourth-order valence-electron chi connectivity index (χ4n) is 4.31. The summed E-state index contributed by atoms with van der Waals surface area (Å²) in [7, 11) is 0. The Morgan fingerprint density at radius 2 is 1.95 bits per heavy atom. The number of hydrogen-bond donors (Lipinski definition) is 1. The summed E-state index contributed by atoms with van der Waals surface area (Å²) in [5.74, 6) is 0. The van der Waals surface area contributed by atoms with Crippen LogP contribution in [0.2, 0.25) is 0 Å². The molecule has 2 nitrogen and oxygen atoms in total. The molecule has 1 saturated carbocycles. The van der Waals surface area contributed by atoms with Gasteiger partial charge in [-0.05, 0) is 65.0 Å². The van der Waals surface area contributed by atoms with E-state index in [1.54, 1.807) is 0 Å². The minimum atomic E-state index is -0.298. The number of fused-ring (bicyclic) bond motifs is 2. The number of benzene rings is 1. The number of nitrogens with zero attached hydrogens (tertiary/aromatic N) is 1. The lowest BCUT2D eigenvalue weighted by Gasteiger charge is -2.41. The van der Waals surface area contributed by atoms with Crippen LogP contribution in [-0.4, -0.2) is 11.3 Å². The molecule has 1 aromatic carbocycles. The smallest absolute Gasteiger partial charge is 0.0849 e. The molecule has 106 valence electrons. The Balaban J connectivity index is 1.79. The highest BCUT2D eigenvalue weighted by Crippen LogP contribution is 2.49. The van der Waals surface area contributed by atoms with Crippen molar-refractivity contribution in [3.05, 3.63) is 33.9 Å². The van der Waals surface area contributed by atoms with Crippen molar-refractivity contribution in [3.8, 4) is 0 Å². The van der Waals surface area contributed by atoms with E-state index in [1.807, 2.05) is 6.21 Å². The summed E-state index contributed by atoms with van der Waals surface area (Å²) in [4.78, 5) is 4.44. The first-order chi connectivity index (χ1) is 9.69. The summed E-state index contributed by atoms with van der Waals surface area (Å²) in [5, 5.41) is 11.2. The summed E-state index contributed by atoms with van der Waals surface area (Å²) in [5.41, 5.74) is 6.78. The lowest BCUT2D eigenvalue weighted by molar-refractivity contribution is 0.00674. The van der Waals surface area contributed by atoms with E-state index >= 15 is 0 Å². The predicted octanol–water partition coefficient (Wildman–Crippen LogP) is 3.72. The van der Waals surface area contributed by atoms with E-state index in [0.717, 1.165) is 25.8 Å². The van der Waals surface area contributed by atoms with Gasteiger partial charge in [0.15, 0.2) is 0 Å². The average Bonchev–Trinajstić information content (AvgIpc) is 2.88. The Bertz CT molecular complexity index is 582. The molecule has 20 heavy (non-hydrogen) atoms. The van der Waals surface area contributed by atoms with Gasteiger partial charge in [0.2, 0.25) is 0 Å². The van der Waals surface area contributed by atoms with Crippen molar-refractivity contribution in [2.75, 3.05) is 0 Å². The van der Waals surface area contributed by atoms with E-state index in [-0.39, 0.29) is 11.5 Å². The van der Waals surface area contributed by atoms with Gasteiger partial charge in [-0.1, -0.05) is 26.2 Å². The van der Waals surface area contributed by atoms with E-state index < -0.39 is 0 Å². The van der Waals surface area contributed by atoms with Gasteiger partial charge in [0, 0.05) is 6.21 Å². The van der Waals surface area contributed by atoms with Crippen LogP contribution in [-0.2, 0) is 19.4 Å². The predicted molar refractivity (Wildman–Crippen MR) is 81.3 cm³/mol. The minimum Gasteiger partial charge on any atom is -0.388 e. The molecule has 0 radical (unpaired) electrons. The highest BCUT2D eigenvalue weighted by Gasteiger charge is 2.39. The Kier molecular flexibility index (Phi) is 2.78. The zero-order valence-corrected chi connectivity index (χ0v) is 12.3. The van der Waals surface area contributed by atoms with Gasteiger partial charge in [-0.25, -0.2) is 0 Å². The molecule has 1 unspecified atom stereocenters. The molecule has 0 aromatic heterocycles. The van der Waals surface area contributed by atoms with Crippen molar-refractivity contribution in [1.29, 1.82) is 0 Å². The molecule has 1 atom stereocenters. The summed E-state index contributed by atoms with van der Waals surface area (Å²) in [6.45, 7) is 3.06. The Morgan fingerprint density at radius 3 is 2.65 bits per heavy atom. The normalized spacial score (nSPS) is 23.9. The molecule has 2 aliphatic carbocycles. The van der Waals surface area contributed by atoms with Gasteiger partial charge < -0.3 is 5.11 Å². The van der Waals surface area contributed by atoms with E-state index in [1.165, 1.54) is 53.5 Å². The number of rotatable bonds is 2. The van der Waals surface area contributed by atoms with Gasteiger partial charge >= 0.3 is 0 Å². The second kappa shape index (κ2) is 4.42. The fourth-order valence-corrected chi connectivity index (χ4v) is 4.31. The molecule has 1 N–H and O–H groups in total. The average molecular weight is 269 g/mol. The maximum absolute atomic E-state index is 11.2. The van der Waals surface area contributed by atoms with Gasteiger partial charge in [0.05, 0.1) is 12.6 Å². The summed E-state index contributed by atoms with van der Waals surface area (Å²) < 4.78 is 0. The lowest BCUT2D eigenvalue weighted by atomic mass is 9.66. The Morgan fingerprint density at radius 1 is 1.15 bits per heavy atom. The Labute approximate surface area is 120 Å². The van der Waals surface area contributed by atoms with E-state index in [0.29, 0.717) is 0 Å². The number of aliphatic hydroxyl groups excluding tert-OH is 1. The van der Waals surface area contributed by atoms with Crippen LogP contribution < -0.4 is 0 Å². The van der Waals surface area contributed by atoms with Crippen LogP contribution in [0.25, 0.3) is 0 Å². The number of aliphatic imine (C=N–C) groups is 1. The van der Waals surface area contributed by atoms with Crippen LogP contribution in [0.15, 0.2) is 11.1 Å². The molecule has 1 fully saturated rings. The van der Waals surface area contributed by atoms with Crippen LogP contribution >= 0.6 is 0 Å². The third-order valence-corrected chi connectivity index (χ3v) is 5.77. The molecule has 1 heterocycles. The maximum Gasteiger partial charge on any atom is 0.0849 e. The van der Waals surface area contributed by atoms with Crippen LogP contribution in [0.1, 0.15) is 72.9 Å². The van der Waals surface area contributed by atoms with Crippen molar-refractivity contribution in [2.45, 2.75) is 64.5 Å². The van der Waals surface area contributed by atoms with Crippen LogP contribution in [0, 0.1) is 5.41 Å². The zero-order chi connectivity index (χ0) is 13.7. The third kappa shape index (κ3) is 1.70. The second-order valence-electron chi connectivity index (χ2n) is 7.08. The van der Waals surface area contributed by atoms with Crippen LogP contribution in [0.3, 0.4) is 0 Å². The summed E-state index contributed by atoms with van der Waals surface area (Å²) in [6, 6.07) is 2.30. The third-order valence-electron chi connectivity index (χ3n) is 5.77. The zero-order valence-electron chi connectivity index (χ0n) is 12.3. The fraction of sp³-hybridized carbons (Fsp3) is 0.611. The first-order valence-electron chi connectivity index (χ1n) is 8.04. The van der Waals surface area contributed by atoms with Crippen molar-refractivity contribution >= 4 is 6.21 Å². The quantitative estimate of drug-likeness (QED) is 0.872. The van der Waals surface area contributed by atoms with Crippen LogP contribution in [0.4, 0.5) is 0 Å². The molecular formula is C18H23NO. The molecule has 3 aliphatic rings. The highest BCUT2D eigenvalue weighted by molar-refractivity contribution is 5.86. The molecule has 0 saturated heterocycles.